The fraction of sp³-hybridized carbons (Fsp3) is 0.333. The number of aromatic nitrogens is 4. The maximum absolute atomic E-state index is 12.0. The van der Waals surface area contributed by atoms with Crippen molar-refractivity contribution >= 4 is 33.3 Å². The predicted octanol–water partition coefficient (Wildman–Crippen LogP) is 2.00. The van der Waals surface area contributed by atoms with Crippen molar-refractivity contribution in [2.24, 2.45) is 14.1 Å². The van der Waals surface area contributed by atoms with Gasteiger partial charge in [-0.05, 0) is 19.4 Å². The van der Waals surface area contributed by atoms with Crippen molar-refractivity contribution in [1.82, 2.24) is 19.1 Å². The molecule has 23 heavy (non-hydrogen) atoms. The van der Waals surface area contributed by atoms with Crippen LogP contribution in [0, 0.1) is 13.8 Å². The Morgan fingerprint density at radius 1 is 1.17 bits per heavy atom. The van der Waals surface area contributed by atoms with Gasteiger partial charge < -0.3 is 0 Å². The Morgan fingerprint density at radius 3 is 2.65 bits per heavy atom. The van der Waals surface area contributed by atoms with E-state index < -0.39 is 0 Å². The molecule has 0 aromatic carbocycles. The highest BCUT2D eigenvalue weighted by Crippen LogP contribution is 2.35. The van der Waals surface area contributed by atoms with Crippen LogP contribution in [-0.4, -0.2) is 19.1 Å². The first-order chi connectivity index (χ1) is 10.9. The van der Waals surface area contributed by atoms with E-state index in [1.807, 2.05) is 0 Å². The van der Waals surface area contributed by atoms with Crippen molar-refractivity contribution in [3.63, 3.8) is 0 Å². The van der Waals surface area contributed by atoms with E-state index in [1.54, 1.807) is 24.7 Å². The molecule has 0 amide bonds. The van der Waals surface area contributed by atoms with Crippen molar-refractivity contribution in [1.29, 1.82) is 0 Å². The lowest BCUT2D eigenvalue weighted by molar-refractivity contribution is 0.665. The van der Waals surface area contributed by atoms with Crippen molar-refractivity contribution in [3.8, 4) is 0 Å². The zero-order valence-corrected chi connectivity index (χ0v) is 14.9. The first kappa shape index (κ1) is 15.9. The molecule has 0 saturated heterocycles. The fourth-order valence-corrected chi connectivity index (χ4v) is 4.46. The van der Waals surface area contributed by atoms with Gasteiger partial charge in [0.2, 0.25) is 0 Å². The van der Waals surface area contributed by atoms with Crippen LogP contribution < -0.4 is 11.2 Å². The number of fused-ring (bicyclic) bond motifs is 1. The predicted molar refractivity (Wildman–Crippen MR) is 93.4 cm³/mol. The molecule has 0 spiro atoms. The summed E-state index contributed by atoms with van der Waals surface area (Å²) in [6.45, 7) is 4.14. The topological polar surface area (TPSA) is 69.8 Å². The Labute approximate surface area is 140 Å². The van der Waals surface area contributed by atoms with Crippen LogP contribution in [0.25, 0.3) is 10.2 Å². The maximum atomic E-state index is 12.0. The molecule has 0 atom stereocenters. The van der Waals surface area contributed by atoms with Gasteiger partial charge in [0.25, 0.3) is 5.56 Å². The van der Waals surface area contributed by atoms with Gasteiger partial charge in [-0.15, -0.1) is 11.3 Å². The lowest BCUT2D eigenvalue weighted by atomic mass is 10.2. The summed E-state index contributed by atoms with van der Waals surface area (Å²) >= 11 is 3.17. The van der Waals surface area contributed by atoms with Crippen LogP contribution in [0.1, 0.15) is 16.1 Å². The molecule has 120 valence electrons. The normalized spacial score (nSPS) is 11.3. The monoisotopic (exact) mass is 348 g/mol. The molecule has 8 heteroatoms. The van der Waals surface area contributed by atoms with Gasteiger partial charge in [0.1, 0.15) is 16.2 Å². The Bertz CT molecular complexity index is 1020. The van der Waals surface area contributed by atoms with Crippen LogP contribution in [0.2, 0.25) is 0 Å². The summed E-state index contributed by atoms with van der Waals surface area (Å²) in [5, 5.41) is 1.94. The van der Waals surface area contributed by atoms with Crippen LogP contribution in [0.15, 0.2) is 27.0 Å². The lowest BCUT2D eigenvalue weighted by Gasteiger charge is -2.09. The van der Waals surface area contributed by atoms with Crippen molar-refractivity contribution in [3.05, 3.63) is 49.4 Å². The third-order valence-electron chi connectivity index (χ3n) is 3.91. The van der Waals surface area contributed by atoms with Gasteiger partial charge >= 0.3 is 5.69 Å². The molecule has 3 aromatic heterocycles. The van der Waals surface area contributed by atoms with Crippen molar-refractivity contribution in [2.45, 2.75) is 24.6 Å². The lowest BCUT2D eigenvalue weighted by Crippen LogP contribution is -2.37. The van der Waals surface area contributed by atoms with E-state index in [0.717, 1.165) is 19.8 Å². The largest absolute Gasteiger partial charge is 0.330 e. The van der Waals surface area contributed by atoms with Crippen LogP contribution in [0.4, 0.5) is 0 Å². The van der Waals surface area contributed by atoms with Crippen molar-refractivity contribution < 1.29 is 0 Å². The van der Waals surface area contributed by atoms with Crippen LogP contribution in [-0.2, 0) is 19.8 Å². The average Bonchev–Trinajstić information content (AvgIpc) is 2.83. The summed E-state index contributed by atoms with van der Waals surface area (Å²) in [5.41, 5.74) is 1.26. The van der Waals surface area contributed by atoms with Gasteiger partial charge in [-0.25, -0.2) is 14.8 Å². The Balaban J connectivity index is 1.99. The minimum atomic E-state index is -0.316. The van der Waals surface area contributed by atoms with Gasteiger partial charge in [0, 0.05) is 41.9 Å². The Morgan fingerprint density at radius 2 is 1.91 bits per heavy atom. The van der Waals surface area contributed by atoms with Gasteiger partial charge in [-0.1, -0.05) is 11.8 Å². The van der Waals surface area contributed by atoms with E-state index in [1.165, 1.54) is 39.9 Å². The zero-order valence-electron chi connectivity index (χ0n) is 13.3. The number of nitrogens with zero attached hydrogens (tertiary/aromatic N) is 4. The smallest absolute Gasteiger partial charge is 0.300 e. The molecule has 0 aliphatic heterocycles. The second-order valence-electron chi connectivity index (χ2n) is 5.31. The maximum Gasteiger partial charge on any atom is 0.330 e. The van der Waals surface area contributed by atoms with Gasteiger partial charge in [-0.2, -0.15) is 0 Å². The number of hydrogen-bond acceptors (Lipinski definition) is 6. The molecular weight excluding hydrogens is 332 g/mol. The number of thioether (sulfide) groups is 1. The number of thiophene rings is 1. The highest BCUT2D eigenvalue weighted by atomic mass is 32.2. The zero-order chi connectivity index (χ0) is 16.7. The fourth-order valence-electron chi connectivity index (χ4n) is 2.32. The molecule has 3 aromatic rings. The average molecular weight is 348 g/mol. The molecule has 0 aliphatic rings. The molecule has 0 unspecified atom stereocenters. The summed E-state index contributed by atoms with van der Waals surface area (Å²) in [6.07, 6.45) is 1.56. The minimum absolute atomic E-state index is 0.293. The SMILES string of the molecule is Cc1sc2ncnc(SCc3cc(=O)n(C)c(=O)n3C)c2c1C. The third-order valence-corrected chi connectivity index (χ3v) is 6.05. The molecule has 3 rings (SSSR count). The first-order valence-corrected chi connectivity index (χ1v) is 8.79. The second-order valence-corrected chi connectivity index (χ2v) is 7.47. The van der Waals surface area contributed by atoms with Crippen LogP contribution in [0.3, 0.4) is 0 Å². The second kappa shape index (κ2) is 5.93. The van der Waals surface area contributed by atoms with E-state index in [2.05, 4.69) is 23.8 Å². The van der Waals surface area contributed by atoms with E-state index in [0.29, 0.717) is 11.4 Å². The van der Waals surface area contributed by atoms with Crippen LogP contribution >= 0.6 is 23.1 Å². The highest BCUT2D eigenvalue weighted by molar-refractivity contribution is 7.98. The minimum Gasteiger partial charge on any atom is -0.300 e. The summed E-state index contributed by atoms with van der Waals surface area (Å²) in [4.78, 5) is 34.7. The summed E-state index contributed by atoms with van der Waals surface area (Å²) < 4.78 is 2.60. The quantitative estimate of drug-likeness (QED) is 0.535. The number of hydrogen-bond donors (Lipinski definition) is 0. The third kappa shape index (κ3) is 2.72. The molecule has 0 radical (unpaired) electrons. The molecule has 6 nitrogen and oxygen atoms in total. The summed E-state index contributed by atoms with van der Waals surface area (Å²) in [6, 6.07) is 1.50. The van der Waals surface area contributed by atoms with Crippen LogP contribution in [0.5, 0.6) is 0 Å². The molecule has 0 fully saturated rings. The molecule has 3 heterocycles. The van der Waals surface area contributed by atoms with Gasteiger partial charge in [-0.3, -0.25) is 13.9 Å². The summed E-state index contributed by atoms with van der Waals surface area (Å²) in [7, 11) is 3.15. The van der Waals surface area contributed by atoms with E-state index in [9.17, 15) is 9.59 Å². The van der Waals surface area contributed by atoms with Gasteiger partial charge in [0.05, 0.1) is 0 Å². The molecule has 0 saturated carbocycles. The van der Waals surface area contributed by atoms with E-state index in [-0.39, 0.29) is 11.2 Å². The molecule has 0 aliphatic carbocycles. The molecule has 0 N–H and O–H groups in total. The van der Waals surface area contributed by atoms with E-state index >= 15 is 0 Å². The Kier molecular flexibility index (Phi) is 4.11. The Hall–Kier alpha value is -1.93. The van der Waals surface area contributed by atoms with E-state index in [4.69, 9.17) is 0 Å². The molecular formula is C15H16N4O2S2. The highest BCUT2D eigenvalue weighted by Gasteiger charge is 2.13. The first-order valence-electron chi connectivity index (χ1n) is 6.99. The standard InChI is InChI=1S/C15H16N4O2S2/c1-8-9(2)23-14-12(8)13(16-7-17-14)22-6-10-5-11(20)19(4)15(21)18(10)3/h5,7H,6H2,1-4H3. The van der Waals surface area contributed by atoms with Gasteiger partial charge in [0.15, 0.2) is 0 Å². The summed E-state index contributed by atoms with van der Waals surface area (Å²) in [5.74, 6) is 0.502. The number of rotatable bonds is 3. The van der Waals surface area contributed by atoms with Crippen molar-refractivity contribution in [2.75, 3.05) is 0 Å². The number of aryl methyl sites for hydroxylation is 2. The molecule has 0 bridgehead atoms.